The SMILES string of the molecule is CCCCCC[C@]1(COC(c2ccccc2)(c2ccccc2)c2ccccc2)OC(O)[C@@H]2OC(C)(C)O[C@@H]21. The molecular weight excluding hydrogens is 476 g/mol. The van der Waals surface area contributed by atoms with Crippen molar-refractivity contribution in [2.24, 2.45) is 0 Å². The molecule has 3 aromatic rings. The number of unbranched alkanes of at least 4 members (excludes halogenated alkanes) is 3. The Morgan fingerprint density at radius 1 is 0.737 bits per heavy atom. The number of ether oxygens (including phenoxy) is 4. The van der Waals surface area contributed by atoms with Crippen molar-refractivity contribution in [1.82, 2.24) is 0 Å². The van der Waals surface area contributed by atoms with E-state index in [1.807, 2.05) is 68.4 Å². The molecule has 38 heavy (non-hydrogen) atoms. The number of benzene rings is 3. The van der Waals surface area contributed by atoms with Gasteiger partial charge in [-0.1, -0.05) is 124 Å². The van der Waals surface area contributed by atoms with Gasteiger partial charge in [-0.25, -0.2) is 0 Å². The molecule has 0 aliphatic carbocycles. The van der Waals surface area contributed by atoms with Gasteiger partial charge in [0.1, 0.15) is 23.4 Å². The smallest absolute Gasteiger partial charge is 0.184 e. The van der Waals surface area contributed by atoms with E-state index in [0.717, 1.165) is 42.4 Å². The summed E-state index contributed by atoms with van der Waals surface area (Å²) in [6, 6.07) is 31.0. The fraction of sp³-hybridized carbons (Fsp3) is 0.455. The Morgan fingerprint density at radius 2 is 1.26 bits per heavy atom. The number of aliphatic hydroxyl groups is 1. The van der Waals surface area contributed by atoms with Crippen LogP contribution in [0.3, 0.4) is 0 Å². The highest BCUT2D eigenvalue weighted by molar-refractivity contribution is 5.47. The van der Waals surface area contributed by atoms with Gasteiger partial charge in [0.2, 0.25) is 0 Å². The summed E-state index contributed by atoms with van der Waals surface area (Å²) in [5, 5.41) is 11.0. The molecule has 0 saturated carbocycles. The fourth-order valence-corrected chi connectivity index (χ4v) is 6.02. The van der Waals surface area contributed by atoms with E-state index in [4.69, 9.17) is 18.9 Å². The van der Waals surface area contributed by atoms with E-state index in [1.165, 1.54) is 0 Å². The second kappa shape index (κ2) is 11.3. The highest BCUT2D eigenvalue weighted by Gasteiger charge is 2.63. The molecule has 2 fully saturated rings. The van der Waals surface area contributed by atoms with Gasteiger partial charge in [-0.15, -0.1) is 0 Å². The third kappa shape index (κ3) is 5.18. The number of rotatable bonds is 11. The van der Waals surface area contributed by atoms with E-state index in [1.54, 1.807) is 0 Å². The van der Waals surface area contributed by atoms with Crippen molar-refractivity contribution in [3.8, 4) is 0 Å². The van der Waals surface area contributed by atoms with Crippen molar-refractivity contribution < 1.29 is 24.1 Å². The minimum Gasteiger partial charge on any atom is -0.366 e. The van der Waals surface area contributed by atoms with Gasteiger partial charge < -0.3 is 24.1 Å². The normalized spacial score (nSPS) is 26.4. The van der Waals surface area contributed by atoms with Crippen LogP contribution in [-0.2, 0) is 24.5 Å². The lowest BCUT2D eigenvalue weighted by Gasteiger charge is -2.41. The monoisotopic (exact) mass is 516 g/mol. The van der Waals surface area contributed by atoms with E-state index in [0.29, 0.717) is 6.42 Å². The topological polar surface area (TPSA) is 57.2 Å². The molecule has 0 amide bonds. The van der Waals surface area contributed by atoms with Gasteiger partial charge >= 0.3 is 0 Å². The molecule has 0 spiro atoms. The third-order valence-electron chi connectivity index (χ3n) is 7.81. The van der Waals surface area contributed by atoms with E-state index in [9.17, 15) is 5.11 Å². The van der Waals surface area contributed by atoms with Crippen LogP contribution in [0.1, 0.15) is 69.6 Å². The maximum atomic E-state index is 11.0. The zero-order chi connectivity index (χ0) is 26.6. The van der Waals surface area contributed by atoms with Gasteiger partial charge in [0.05, 0.1) is 6.61 Å². The van der Waals surface area contributed by atoms with Crippen LogP contribution in [0.5, 0.6) is 0 Å². The van der Waals surface area contributed by atoms with Crippen LogP contribution in [0.2, 0.25) is 0 Å². The standard InChI is InChI=1S/C33H40O5/c1-4-5-6-16-23-32(29-28(30(34)38-32)36-31(2,3)37-29)24-35-33(25-17-10-7-11-18-25,26-19-12-8-13-20-26)27-21-14-9-15-22-27/h7-15,17-22,28-30,34H,4-6,16,23-24H2,1-3H3/t28-,29+,30?,32-/m1/s1. The van der Waals surface area contributed by atoms with Crippen molar-refractivity contribution in [2.75, 3.05) is 6.61 Å². The summed E-state index contributed by atoms with van der Waals surface area (Å²) < 4.78 is 26.1. The minimum absolute atomic E-state index is 0.232. The van der Waals surface area contributed by atoms with Crippen molar-refractivity contribution in [3.05, 3.63) is 108 Å². The first kappa shape index (κ1) is 27.0. The number of aliphatic hydroxyl groups excluding tert-OH is 1. The van der Waals surface area contributed by atoms with Crippen LogP contribution in [0, 0.1) is 0 Å². The average Bonchev–Trinajstić information content (AvgIpc) is 3.40. The molecule has 5 rings (SSSR count). The molecule has 1 N–H and O–H groups in total. The quantitative estimate of drug-likeness (QED) is 0.231. The van der Waals surface area contributed by atoms with E-state index in [-0.39, 0.29) is 6.61 Å². The first-order valence-electron chi connectivity index (χ1n) is 13.9. The Kier molecular flexibility index (Phi) is 8.03. The second-order valence-electron chi connectivity index (χ2n) is 11.0. The van der Waals surface area contributed by atoms with E-state index >= 15 is 0 Å². The summed E-state index contributed by atoms with van der Waals surface area (Å²) in [5.41, 5.74) is 1.34. The molecule has 0 radical (unpaired) electrons. The second-order valence-corrected chi connectivity index (χ2v) is 11.0. The van der Waals surface area contributed by atoms with Gasteiger partial charge in [0.25, 0.3) is 0 Å². The zero-order valence-corrected chi connectivity index (χ0v) is 22.7. The van der Waals surface area contributed by atoms with Gasteiger partial charge in [0.15, 0.2) is 12.1 Å². The maximum Gasteiger partial charge on any atom is 0.184 e. The predicted molar refractivity (Wildman–Crippen MR) is 148 cm³/mol. The molecular formula is C33H40O5. The predicted octanol–water partition coefficient (Wildman–Crippen LogP) is 6.57. The summed E-state index contributed by atoms with van der Waals surface area (Å²) in [4.78, 5) is 0. The number of hydrogen-bond acceptors (Lipinski definition) is 5. The van der Waals surface area contributed by atoms with Crippen molar-refractivity contribution in [2.45, 2.75) is 88.4 Å². The number of hydrogen-bond donors (Lipinski definition) is 1. The summed E-state index contributed by atoms with van der Waals surface area (Å²) in [5.74, 6) is -0.801. The fourth-order valence-electron chi connectivity index (χ4n) is 6.02. The van der Waals surface area contributed by atoms with Crippen LogP contribution in [0.25, 0.3) is 0 Å². The van der Waals surface area contributed by atoms with Crippen LogP contribution >= 0.6 is 0 Å². The number of fused-ring (bicyclic) bond motifs is 1. The molecule has 5 nitrogen and oxygen atoms in total. The average molecular weight is 517 g/mol. The molecule has 0 bridgehead atoms. The molecule has 4 atom stereocenters. The Morgan fingerprint density at radius 3 is 1.76 bits per heavy atom. The molecule has 2 aliphatic rings. The van der Waals surface area contributed by atoms with Crippen LogP contribution in [0.4, 0.5) is 0 Å². The van der Waals surface area contributed by atoms with Gasteiger partial charge in [0, 0.05) is 0 Å². The zero-order valence-electron chi connectivity index (χ0n) is 22.7. The highest BCUT2D eigenvalue weighted by Crippen LogP contribution is 2.48. The summed E-state index contributed by atoms with van der Waals surface area (Å²) >= 11 is 0. The van der Waals surface area contributed by atoms with Gasteiger partial charge in [-0.05, 0) is 37.0 Å². The molecule has 2 aliphatic heterocycles. The molecule has 3 aromatic carbocycles. The Labute approximate surface area is 226 Å². The minimum atomic E-state index is -1.07. The Bertz CT molecular complexity index is 1050. The lowest BCUT2D eigenvalue weighted by Crippen LogP contribution is -2.49. The molecule has 1 unspecified atom stereocenters. The highest BCUT2D eigenvalue weighted by atomic mass is 16.8. The third-order valence-corrected chi connectivity index (χ3v) is 7.81. The Balaban J connectivity index is 1.58. The first-order chi connectivity index (χ1) is 18.4. The van der Waals surface area contributed by atoms with Crippen molar-refractivity contribution >= 4 is 0 Å². The lowest BCUT2D eigenvalue weighted by molar-refractivity contribution is -0.258. The van der Waals surface area contributed by atoms with E-state index in [2.05, 4.69) is 43.3 Å². The summed E-state index contributed by atoms with van der Waals surface area (Å²) in [7, 11) is 0. The van der Waals surface area contributed by atoms with Crippen molar-refractivity contribution in [1.29, 1.82) is 0 Å². The summed E-state index contributed by atoms with van der Waals surface area (Å²) in [6.45, 7) is 6.22. The first-order valence-corrected chi connectivity index (χ1v) is 13.9. The van der Waals surface area contributed by atoms with Gasteiger partial charge in [-0.2, -0.15) is 0 Å². The van der Waals surface area contributed by atoms with Crippen LogP contribution in [0.15, 0.2) is 91.0 Å². The molecule has 5 heteroatoms. The van der Waals surface area contributed by atoms with Gasteiger partial charge in [-0.3, -0.25) is 0 Å². The molecule has 2 heterocycles. The molecule has 202 valence electrons. The van der Waals surface area contributed by atoms with E-state index < -0.39 is 35.5 Å². The summed E-state index contributed by atoms with van der Waals surface area (Å²) in [6.07, 6.45) is 2.97. The largest absolute Gasteiger partial charge is 0.366 e. The Hall–Kier alpha value is -2.54. The van der Waals surface area contributed by atoms with Crippen LogP contribution < -0.4 is 0 Å². The van der Waals surface area contributed by atoms with Crippen molar-refractivity contribution in [3.63, 3.8) is 0 Å². The maximum absolute atomic E-state index is 11.0. The molecule has 2 saturated heterocycles. The van der Waals surface area contributed by atoms with Crippen LogP contribution in [-0.4, -0.2) is 41.6 Å². The molecule has 0 aromatic heterocycles. The lowest BCUT2D eigenvalue weighted by atomic mass is 9.79.